The molecule has 1 unspecified atom stereocenters. The van der Waals surface area contributed by atoms with Gasteiger partial charge in [-0.1, -0.05) is 11.6 Å². The largest absolute Gasteiger partial charge is 0.465 e. The minimum atomic E-state index is -3.85. The molecule has 10 nitrogen and oxygen atoms in total. The third-order valence-corrected chi connectivity index (χ3v) is 8.06. The van der Waals surface area contributed by atoms with Gasteiger partial charge in [-0.25, -0.2) is 13.2 Å². The van der Waals surface area contributed by atoms with E-state index in [1.54, 1.807) is 16.3 Å². The minimum absolute atomic E-state index is 0.00867. The normalized spacial score (nSPS) is 17.6. The Morgan fingerprint density at radius 3 is 2.84 bits per heavy atom. The number of methoxy groups -OCH3 is 1. The van der Waals surface area contributed by atoms with Gasteiger partial charge in [0.1, 0.15) is 9.77 Å². The summed E-state index contributed by atoms with van der Waals surface area (Å²) in [5, 5.41) is 12.2. The van der Waals surface area contributed by atoms with E-state index in [4.69, 9.17) is 4.74 Å². The molecule has 0 radical (unpaired) electrons. The molecule has 3 heterocycles. The van der Waals surface area contributed by atoms with Crippen LogP contribution in [0.2, 0.25) is 0 Å². The number of carbonyl (C=O) groups is 2. The first kappa shape index (κ1) is 23.4. The molecule has 170 valence electrons. The van der Waals surface area contributed by atoms with Crippen molar-refractivity contribution in [3.05, 3.63) is 28.2 Å². The number of thiophene rings is 1. The van der Waals surface area contributed by atoms with Crippen LogP contribution >= 0.6 is 11.3 Å². The fourth-order valence-corrected chi connectivity index (χ4v) is 6.61. The van der Waals surface area contributed by atoms with E-state index in [2.05, 4.69) is 15.6 Å². The average molecular weight is 470 g/mol. The van der Waals surface area contributed by atoms with Gasteiger partial charge in [0.15, 0.2) is 5.69 Å². The van der Waals surface area contributed by atoms with Crippen LogP contribution in [0.4, 0.5) is 0 Å². The van der Waals surface area contributed by atoms with Gasteiger partial charge < -0.3 is 10.1 Å². The Balaban J connectivity index is 1.73. The summed E-state index contributed by atoms with van der Waals surface area (Å²) in [5.74, 6) is -0.951. The van der Waals surface area contributed by atoms with Crippen LogP contribution in [0.25, 0.3) is 0 Å². The van der Waals surface area contributed by atoms with E-state index in [0.717, 1.165) is 24.2 Å². The fourth-order valence-electron chi connectivity index (χ4n) is 3.58. The molecule has 2 aromatic rings. The summed E-state index contributed by atoms with van der Waals surface area (Å²) >= 11 is 1.05. The number of sulfonamides is 1. The van der Waals surface area contributed by atoms with Crippen LogP contribution in [0, 0.1) is 0 Å². The van der Waals surface area contributed by atoms with E-state index in [0.29, 0.717) is 25.9 Å². The standard InChI is InChI=1S/C19H27N5O5S2/c1-13(2)20-18(25)15-12-23(22-21-15)10-7-14-6-4-5-9-24(14)31(27,28)16-8-11-30-17(16)19(26)29-3/h8,11-14H,4-7,9-10H2,1-3H3,(H,20,25). The highest BCUT2D eigenvalue weighted by Crippen LogP contribution is 2.31. The molecule has 0 spiro atoms. The zero-order valence-corrected chi connectivity index (χ0v) is 19.4. The Morgan fingerprint density at radius 1 is 1.35 bits per heavy atom. The molecule has 1 atom stereocenters. The summed E-state index contributed by atoms with van der Waals surface area (Å²) in [6.45, 7) is 4.54. The SMILES string of the molecule is COC(=O)c1sccc1S(=O)(=O)N1CCCCC1CCn1cc(C(=O)NC(C)C)nn1. The predicted molar refractivity (Wildman–Crippen MR) is 114 cm³/mol. The van der Waals surface area contributed by atoms with E-state index in [9.17, 15) is 18.0 Å². The van der Waals surface area contributed by atoms with Gasteiger partial charge >= 0.3 is 5.97 Å². The lowest BCUT2D eigenvalue weighted by atomic mass is 10.0. The van der Waals surface area contributed by atoms with E-state index >= 15 is 0 Å². The van der Waals surface area contributed by atoms with Crippen LogP contribution in [-0.2, 0) is 21.3 Å². The Labute approximate surface area is 185 Å². The summed E-state index contributed by atoms with van der Waals surface area (Å²) < 4.78 is 34.5. The molecule has 12 heteroatoms. The van der Waals surface area contributed by atoms with Gasteiger partial charge in [-0.3, -0.25) is 9.48 Å². The molecule has 0 bridgehead atoms. The van der Waals surface area contributed by atoms with Gasteiger partial charge in [-0.15, -0.1) is 16.4 Å². The average Bonchev–Trinajstić information content (AvgIpc) is 3.41. The fraction of sp³-hybridized carbons (Fsp3) is 0.579. The molecule has 0 aromatic carbocycles. The van der Waals surface area contributed by atoms with Crippen molar-refractivity contribution in [1.82, 2.24) is 24.6 Å². The van der Waals surface area contributed by atoms with Crippen LogP contribution in [-0.4, -0.2) is 65.3 Å². The highest BCUT2D eigenvalue weighted by atomic mass is 32.2. The topological polar surface area (TPSA) is 123 Å². The van der Waals surface area contributed by atoms with Crippen molar-refractivity contribution in [2.24, 2.45) is 0 Å². The first-order valence-corrected chi connectivity index (χ1v) is 12.4. The number of aryl methyl sites for hydroxylation is 1. The van der Waals surface area contributed by atoms with Crippen molar-refractivity contribution < 1.29 is 22.7 Å². The summed E-state index contributed by atoms with van der Waals surface area (Å²) in [6, 6.07) is 1.21. The molecule has 1 N–H and O–H groups in total. The highest BCUT2D eigenvalue weighted by Gasteiger charge is 2.36. The molecule has 0 aliphatic carbocycles. The van der Waals surface area contributed by atoms with Gasteiger partial charge in [-0.05, 0) is 44.6 Å². The number of aromatic nitrogens is 3. The lowest BCUT2D eigenvalue weighted by molar-refractivity contribution is 0.0601. The van der Waals surface area contributed by atoms with Crippen molar-refractivity contribution in [3.63, 3.8) is 0 Å². The molecule has 1 aliphatic rings. The lowest BCUT2D eigenvalue weighted by Crippen LogP contribution is -2.44. The van der Waals surface area contributed by atoms with Gasteiger partial charge in [0.25, 0.3) is 5.91 Å². The Bertz CT molecular complexity index is 1030. The number of carbonyl (C=O) groups excluding carboxylic acids is 2. The Morgan fingerprint density at radius 2 is 2.13 bits per heavy atom. The third-order valence-electron chi connectivity index (χ3n) is 5.04. The Hall–Kier alpha value is -2.31. The van der Waals surface area contributed by atoms with Crippen molar-refractivity contribution in [2.45, 2.75) is 63.1 Å². The maximum atomic E-state index is 13.3. The van der Waals surface area contributed by atoms with E-state index in [-0.39, 0.29) is 33.5 Å². The Kier molecular flexibility index (Phi) is 7.44. The van der Waals surface area contributed by atoms with Crippen LogP contribution in [0.15, 0.2) is 22.5 Å². The molecule has 1 saturated heterocycles. The zero-order chi connectivity index (χ0) is 22.6. The van der Waals surface area contributed by atoms with Crippen LogP contribution in [0.1, 0.15) is 59.7 Å². The molecule has 1 fully saturated rings. The van der Waals surface area contributed by atoms with Crippen molar-refractivity contribution >= 4 is 33.2 Å². The number of esters is 1. The van der Waals surface area contributed by atoms with Gasteiger partial charge in [0.05, 0.1) is 13.3 Å². The molecule has 0 saturated carbocycles. The number of amides is 1. The number of piperidine rings is 1. The van der Waals surface area contributed by atoms with Crippen LogP contribution in [0.3, 0.4) is 0 Å². The third kappa shape index (κ3) is 5.31. The van der Waals surface area contributed by atoms with Crippen LogP contribution < -0.4 is 5.32 Å². The number of hydrogen-bond donors (Lipinski definition) is 1. The summed E-state index contributed by atoms with van der Waals surface area (Å²) in [5.41, 5.74) is 0.225. The van der Waals surface area contributed by atoms with Crippen LogP contribution in [0.5, 0.6) is 0 Å². The predicted octanol–water partition coefficient (Wildman–Crippen LogP) is 1.90. The molecular formula is C19H27N5O5S2. The zero-order valence-electron chi connectivity index (χ0n) is 17.8. The van der Waals surface area contributed by atoms with E-state index < -0.39 is 16.0 Å². The number of ether oxygens (including phenoxy) is 1. The quantitative estimate of drug-likeness (QED) is 0.586. The van der Waals surface area contributed by atoms with Gasteiger partial charge in [-0.2, -0.15) is 4.31 Å². The molecular weight excluding hydrogens is 442 g/mol. The maximum Gasteiger partial charge on any atom is 0.349 e. The van der Waals surface area contributed by atoms with Crippen molar-refractivity contribution in [2.75, 3.05) is 13.7 Å². The summed E-state index contributed by atoms with van der Waals surface area (Å²) in [6.07, 6.45) is 4.48. The highest BCUT2D eigenvalue weighted by molar-refractivity contribution is 7.89. The summed E-state index contributed by atoms with van der Waals surface area (Å²) in [7, 11) is -2.61. The second-order valence-electron chi connectivity index (χ2n) is 7.65. The number of rotatable bonds is 8. The van der Waals surface area contributed by atoms with E-state index in [1.165, 1.54) is 17.5 Å². The molecule has 2 aromatic heterocycles. The monoisotopic (exact) mass is 469 g/mol. The molecule has 1 amide bonds. The van der Waals surface area contributed by atoms with Gasteiger partial charge in [0.2, 0.25) is 10.0 Å². The number of nitrogens with one attached hydrogen (secondary N) is 1. The summed E-state index contributed by atoms with van der Waals surface area (Å²) in [4.78, 5) is 24.1. The minimum Gasteiger partial charge on any atom is -0.465 e. The maximum absolute atomic E-state index is 13.3. The molecule has 1 aliphatic heterocycles. The lowest BCUT2D eigenvalue weighted by Gasteiger charge is -2.34. The van der Waals surface area contributed by atoms with Crippen molar-refractivity contribution in [3.8, 4) is 0 Å². The molecule has 31 heavy (non-hydrogen) atoms. The number of nitrogens with zero attached hydrogens (tertiary/aromatic N) is 4. The second kappa shape index (κ2) is 9.88. The first-order chi connectivity index (χ1) is 14.7. The smallest absolute Gasteiger partial charge is 0.349 e. The van der Waals surface area contributed by atoms with Gasteiger partial charge in [0, 0.05) is 25.2 Å². The second-order valence-corrected chi connectivity index (χ2v) is 10.4. The van der Waals surface area contributed by atoms with Crippen molar-refractivity contribution in [1.29, 1.82) is 0 Å². The van der Waals surface area contributed by atoms with E-state index in [1.807, 2.05) is 13.8 Å². The number of hydrogen-bond acceptors (Lipinski definition) is 8. The first-order valence-electron chi connectivity index (χ1n) is 10.1. The molecule has 3 rings (SSSR count).